The van der Waals surface area contributed by atoms with E-state index < -0.39 is 0 Å². The zero-order valence-electron chi connectivity index (χ0n) is 14.3. The molecule has 3 rings (SSSR count). The van der Waals surface area contributed by atoms with Crippen LogP contribution in [0.3, 0.4) is 0 Å². The van der Waals surface area contributed by atoms with E-state index in [4.69, 9.17) is 0 Å². The molecular formula is C18H31N3O2. The number of amides is 3. The molecule has 0 spiro atoms. The Morgan fingerprint density at radius 3 is 1.91 bits per heavy atom. The van der Waals surface area contributed by atoms with E-state index in [9.17, 15) is 9.59 Å². The van der Waals surface area contributed by atoms with E-state index in [1.165, 1.54) is 32.1 Å². The summed E-state index contributed by atoms with van der Waals surface area (Å²) in [5.41, 5.74) is 0. The van der Waals surface area contributed by atoms with E-state index in [1.807, 2.05) is 14.7 Å². The summed E-state index contributed by atoms with van der Waals surface area (Å²) in [5.74, 6) is 1.07. The Hall–Kier alpha value is -1.26. The molecule has 0 radical (unpaired) electrons. The lowest BCUT2D eigenvalue weighted by molar-refractivity contribution is -0.133. The van der Waals surface area contributed by atoms with E-state index in [1.54, 1.807) is 0 Å². The van der Waals surface area contributed by atoms with E-state index in [-0.39, 0.29) is 6.03 Å². The molecule has 0 aromatic rings. The van der Waals surface area contributed by atoms with Crippen molar-refractivity contribution in [1.82, 2.24) is 14.7 Å². The average molecular weight is 321 g/mol. The fraction of sp³-hybridized carbons (Fsp3) is 0.889. The number of nitrogens with zero attached hydrogens (tertiary/aromatic N) is 3. The zero-order chi connectivity index (χ0) is 16.1. The Labute approximate surface area is 140 Å². The van der Waals surface area contributed by atoms with Crippen LogP contribution in [-0.4, -0.2) is 65.9 Å². The Kier molecular flexibility index (Phi) is 5.79. The first-order chi connectivity index (χ1) is 11.2. The van der Waals surface area contributed by atoms with Crippen molar-refractivity contribution in [2.24, 2.45) is 5.92 Å². The van der Waals surface area contributed by atoms with Crippen molar-refractivity contribution in [3.8, 4) is 0 Å². The van der Waals surface area contributed by atoms with Gasteiger partial charge in [0, 0.05) is 45.7 Å². The normalized spacial score (nSPS) is 23.4. The molecule has 130 valence electrons. The fourth-order valence-electron chi connectivity index (χ4n) is 4.22. The molecule has 2 saturated heterocycles. The standard InChI is InChI=1S/C18H31N3O2/c22-17(9-8-16-6-2-3-7-16)19-12-14-21(15-13-19)18(23)20-10-4-1-5-11-20/h16H,1-15H2. The van der Waals surface area contributed by atoms with Crippen molar-refractivity contribution in [3.05, 3.63) is 0 Å². The van der Waals surface area contributed by atoms with Gasteiger partial charge in [-0.3, -0.25) is 4.79 Å². The summed E-state index contributed by atoms with van der Waals surface area (Å²) in [5, 5.41) is 0. The van der Waals surface area contributed by atoms with Gasteiger partial charge in [-0.2, -0.15) is 0 Å². The molecule has 3 amide bonds. The zero-order valence-corrected chi connectivity index (χ0v) is 14.3. The highest BCUT2D eigenvalue weighted by Crippen LogP contribution is 2.28. The lowest BCUT2D eigenvalue weighted by Crippen LogP contribution is -2.54. The Morgan fingerprint density at radius 1 is 0.696 bits per heavy atom. The molecule has 3 fully saturated rings. The maximum absolute atomic E-state index is 12.5. The molecule has 3 aliphatic rings. The summed E-state index contributed by atoms with van der Waals surface area (Å²) >= 11 is 0. The van der Waals surface area contributed by atoms with Crippen molar-refractivity contribution in [2.45, 2.75) is 57.8 Å². The van der Waals surface area contributed by atoms with Crippen LogP contribution in [0.15, 0.2) is 0 Å². The largest absolute Gasteiger partial charge is 0.339 e. The first-order valence-electron chi connectivity index (χ1n) is 9.55. The third-order valence-electron chi connectivity index (χ3n) is 5.77. The Bertz CT molecular complexity index is 406. The number of piperazine rings is 1. The summed E-state index contributed by atoms with van der Waals surface area (Å²) in [6.07, 6.45) is 10.6. The van der Waals surface area contributed by atoms with Crippen LogP contribution in [-0.2, 0) is 4.79 Å². The van der Waals surface area contributed by atoms with Crippen molar-refractivity contribution in [1.29, 1.82) is 0 Å². The third kappa shape index (κ3) is 4.39. The molecule has 5 nitrogen and oxygen atoms in total. The van der Waals surface area contributed by atoms with Crippen LogP contribution in [0.25, 0.3) is 0 Å². The van der Waals surface area contributed by atoms with E-state index in [0.717, 1.165) is 38.3 Å². The first-order valence-corrected chi connectivity index (χ1v) is 9.55. The monoisotopic (exact) mass is 321 g/mol. The number of hydrogen-bond acceptors (Lipinski definition) is 2. The topological polar surface area (TPSA) is 43.9 Å². The molecule has 0 aromatic heterocycles. The summed E-state index contributed by atoms with van der Waals surface area (Å²) in [4.78, 5) is 30.7. The van der Waals surface area contributed by atoms with Gasteiger partial charge >= 0.3 is 6.03 Å². The molecule has 1 aliphatic carbocycles. The maximum atomic E-state index is 12.5. The van der Waals surface area contributed by atoms with E-state index >= 15 is 0 Å². The van der Waals surface area contributed by atoms with Gasteiger partial charge < -0.3 is 14.7 Å². The summed E-state index contributed by atoms with van der Waals surface area (Å²) in [6, 6.07) is 0.183. The third-order valence-corrected chi connectivity index (χ3v) is 5.77. The minimum atomic E-state index is 0.183. The molecule has 0 bridgehead atoms. The highest BCUT2D eigenvalue weighted by atomic mass is 16.2. The summed E-state index contributed by atoms with van der Waals surface area (Å²) in [7, 11) is 0. The van der Waals surface area contributed by atoms with Crippen molar-refractivity contribution < 1.29 is 9.59 Å². The number of hydrogen-bond donors (Lipinski definition) is 0. The van der Waals surface area contributed by atoms with Crippen molar-refractivity contribution in [3.63, 3.8) is 0 Å². The minimum Gasteiger partial charge on any atom is -0.339 e. The van der Waals surface area contributed by atoms with Crippen LogP contribution in [0.4, 0.5) is 4.79 Å². The number of piperidine rings is 1. The fourth-order valence-corrected chi connectivity index (χ4v) is 4.22. The highest BCUT2D eigenvalue weighted by Gasteiger charge is 2.28. The van der Waals surface area contributed by atoms with Crippen LogP contribution in [0.1, 0.15) is 57.8 Å². The Morgan fingerprint density at radius 2 is 1.26 bits per heavy atom. The molecule has 5 heteroatoms. The smallest absolute Gasteiger partial charge is 0.320 e. The quantitative estimate of drug-likeness (QED) is 0.802. The highest BCUT2D eigenvalue weighted by molar-refractivity contribution is 5.77. The van der Waals surface area contributed by atoms with Gasteiger partial charge in [-0.05, 0) is 31.6 Å². The van der Waals surface area contributed by atoms with Gasteiger partial charge in [-0.25, -0.2) is 4.79 Å². The number of rotatable bonds is 3. The Balaban J connectivity index is 1.38. The van der Waals surface area contributed by atoms with E-state index in [0.29, 0.717) is 38.5 Å². The average Bonchev–Trinajstić information content (AvgIpc) is 3.13. The second-order valence-corrected chi connectivity index (χ2v) is 7.39. The number of carbonyl (C=O) groups is 2. The SMILES string of the molecule is O=C(CCC1CCCC1)N1CCN(C(=O)N2CCCCC2)CC1. The van der Waals surface area contributed by atoms with Crippen LogP contribution in [0.2, 0.25) is 0 Å². The van der Waals surface area contributed by atoms with Gasteiger partial charge in [-0.1, -0.05) is 25.7 Å². The van der Waals surface area contributed by atoms with Gasteiger partial charge in [0.2, 0.25) is 5.91 Å². The number of likely N-dealkylation sites (tertiary alicyclic amines) is 1. The van der Waals surface area contributed by atoms with Crippen LogP contribution < -0.4 is 0 Å². The molecular weight excluding hydrogens is 290 g/mol. The molecule has 23 heavy (non-hydrogen) atoms. The van der Waals surface area contributed by atoms with Gasteiger partial charge in [0.05, 0.1) is 0 Å². The molecule has 0 aromatic carbocycles. The summed E-state index contributed by atoms with van der Waals surface area (Å²) < 4.78 is 0. The predicted molar refractivity (Wildman–Crippen MR) is 90.2 cm³/mol. The number of urea groups is 1. The lowest BCUT2D eigenvalue weighted by atomic mass is 10.0. The molecule has 2 aliphatic heterocycles. The number of carbonyl (C=O) groups excluding carboxylic acids is 2. The minimum absolute atomic E-state index is 0.183. The van der Waals surface area contributed by atoms with Gasteiger partial charge in [0.25, 0.3) is 0 Å². The molecule has 2 heterocycles. The predicted octanol–water partition coefficient (Wildman–Crippen LogP) is 2.71. The second-order valence-electron chi connectivity index (χ2n) is 7.39. The first kappa shape index (κ1) is 16.6. The second kappa shape index (κ2) is 8.02. The van der Waals surface area contributed by atoms with E-state index in [2.05, 4.69) is 0 Å². The van der Waals surface area contributed by atoms with Gasteiger partial charge in [0.1, 0.15) is 0 Å². The van der Waals surface area contributed by atoms with Crippen molar-refractivity contribution in [2.75, 3.05) is 39.3 Å². The van der Waals surface area contributed by atoms with Crippen molar-refractivity contribution >= 4 is 11.9 Å². The van der Waals surface area contributed by atoms with Crippen LogP contribution in [0, 0.1) is 5.92 Å². The molecule has 0 atom stereocenters. The van der Waals surface area contributed by atoms with Gasteiger partial charge in [-0.15, -0.1) is 0 Å². The summed E-state index contributed by atoms with van der Waals surface area (Å²) in [6.45, 7) is 4.62. The maximum Gasteiger partial charge on any atom is 0.320 e. The van der Waals surface area contributed by atoms with Crippen LogP contribution in [0.5, 0.6) is 0 Å². The van der Waals surface area contributed by atoms with Gasteiger partial charge in [0.15, 0.2) is 0 Å². The molecule has 1 saturated carbocycles. The lowest BCUT2D eigenvalue weighted by Gasteiger charge is -2.38. The molecule has 0 N–H and O–H groups in total. The molecule has 0 unspecified atom stereocenters. The van der Waals surface area contributed by atoms with Crippen LogP contribution >= 0.6 is 0 Å².